The highest BCUT2D eigenvalue weighted by atomic mass is 16.5. The molecule has 94 valence electrons. The zero-order chi connectivity index (χ0) is 11.7. The van der Waals surface area contributed by atoms with E-state index in [1.54, 1.807) is 0 Å². The second-order valence-electron chi connectivity index (χ2n) is 5.13. The van der Waals surface area contributed by atoms with Crippen LogP contribution in [-0.2, 0) is 16.7 Å². The Balaban J connectivity index is 1.77. The van der Waals surface area contributed by atoms with E-state index in [-0.39, 0.29) is 5.54 Å². The van der Waals surface area contributed by atoms with Gasteiger partial charge in [0.2, 0.25) is 0 Å². The molecule has 0 radical (unpaired) electrons. The molecule has 0 aliphatic carbocycles. The number of fused-ring (bicyclic) bond motifs is 1. The number of imidazole rings is 1. The average molecular weight is 236 g/mol. The fraction of sp³-hybridized carbons (Fsp3) is 0.750. The quantitative estimate of drug-likeness (QED) is 0.765. The van der Waals surface area contributed by atoms with E-state index >= 15 is 0 Å². The van der Waals surface area contributed by atoms with Crippen LogP contribution in [0.3, 0.4) is 0 Å². The smallest absolute Gasteiger partial charge is 0.0926 e. The van der Waals surface area contributed by atoms with Gasteiger partial charge in [0, 0.05) is 38.3 Å². The molecule has 2 aliphatic rings. The van der Waals surface area contributed by atoms with Gasteiger partial charge in [0.1, 0.15) is 0 Å². The van der Waals surface area contributed by atoms with E-state index in [0.29, 0.717) is 0 Å². The molecule has 1 fully saturated rings. The van der Waals surface area contributed by atoms with Gasteiger partial charge in [0.05, 0.1) is 30.8 Å². The Bertz CT molecular complexity index is 386. The molecule has 0 bridgehead atoms. The van der Waals surface area contributed by atoms with E-state index in [2.05, 4.69) is 27.1 Å². The molecular formula is C12H20N4O. The molecule has 2 aliphatic heterocycles. The molecule has 1 aromatic heterocycles. The molecule has 0 spiro atoms. The molecule has 1 atom stereocenters. The van der Waals surface area contributed by atoms with E-state index in [1.807, 2.05) is 6.33 Å². The van der Waals surface area contributed by atoms with Gasteiger partial charge in [0.25, 0.3) is 0 Å². The summed E-state index contributed by atoms with van der Waals surface area (Å²) in [6.45, 7) is 8.03. The summed E-state index contributed by atoms with van der Waals surface area (Å²) < 4.78 is 5.39. The van der Waals surface area contributed by atoms with Crippen LogP contribution in [0.15, 0.2) is 6.33 Å². The topological polar surface area (TPSA) is 53.2 Å². The number of morpholine rings is 1. The normalized spacial score (nSPS) is 30.2. The van der Waals surface area contributed by atoms with Gasteiger partial charge in [-0.3, -0.25) is 4.90 Å². The van der Waals surface area contributed by atoms with Gasteiger partial charge in [-0.15, -0.1) is 0 Å². The van der Waals surface area contributed by atoms with Crippen LogP contribution in [0.4, 0.5) is 0 Å². The Morgan fingerprint density at radius 3 is 3.12 bits per heavy atom. The standard InChI is InChI=1S/C12H20N4O/c1-12(8-16-4-6-17-7-5-16)11-10(2-3-15-12)13-9-14-11/h9,15H,2-8H2,1H3,(H,13,14)/t12-/m0/s1. The summed E-state index contributed by atoms with van der Waals surface area (Å²) in [6.07, 6.45) is 2.86. The first-order valence-corrected chi connectivity index (χ1v) is 6.36. The predicted octanol–water partition coefficient (Wildman–Crippen LogP) is 0.103. The fourth-order valence-corrected chi connectivity index (χ4v) is 2.87. The number of nitrogens with zero attached hydrogens (tertiary/aromatic N) is 2. The van der Waals surface area contributed by atoms with Crippen molar-refractivity contribution in [1.82, 2.24) is 20.2 Å². The van der Waals surface area contributed by atoms with Crippen molar-refractivity contribution in [3.05, 3.63) is 17.7 Å². The molecule has 0 aromatic carbocycles. The first-order valence-electron chi connectivity index (χ1n) is 6.36. The van der Waals surface area contributed by atoms with Crippen molar-refractivity contribution < 1.29 is 4.74 Å². The lowest BCUT2D eigenvalue weighted by molar-refractivity contribution is 0.0236. The number of nitrogens with one attached hydrogen (secondary N) is 2. The van der Waals surface area contributed by atoms with Crippen molar-refractivity contribution in [2.75, 3.05) is 39.4 Å². The van der Waals surface area contributed by atoms with Crippen LogP contribution < -0.4 is 5.32 Å². The van der Waals surface area contributed by atoms with Crippen LogP contribution in [0.2, 0.25) is 0 Å². The molecule has 0 saturated carbocycles. The molecular weight excluding hydrogens is 216 g/mol. The second kappa shape index (κ2) is 4.40. The minimum Gasteiger partial charge on any atom is -0.379 e. The van der Waals surface area contributed by atoms with Crippen molar-refractivity contribution in [3.63, 3.8) is 0 Å². The van der Waals surface area contributed by atoms with Crippen molar-refractivity contribution in [2.45, 2.75) is 18.9 Å². The molecule has 3 rings (SSSR count). The molecule has 3 heterocycles. The van der Waals surface area contributed by atoms with Gasteiger partial charge in [-0.1, -0.05) is 0 Å². The third kappa shape index (κ3) is 2.10. The molecule has 1 saturated heterocycles. The molecule has 5 heteroatoms. The number of H-pyrrole nitrogens is 1. The Labute approximate surface area is 102 Å². The van der Waals surface area contributed by atoms with Crippen LogP contribution in [-0.4, -0.2) is 54.3 Å². The lowest BCUT2D eigenvalue weighted by atomic mass is 9.90. The summed E-state index contributed by atoms with van der Waals surface area (Å²) >= 11 is 0. The van der Waals surface area contributed by atoms with E-state index < -0.39 is 0 Å². The minimum absolute atomic E-state index is 0.0229. The molecule has 2 N–H and O–H groups in total. The highest BCUT2D eigenvalue weighted by Gasteiger charge is 2.35. The van der Waals surface area contributed by atoms with Gasteiger partial charge < -0.3 is 15.0 Å². The largest absolute Gasteiger partial charge is 0.379 e. The van der Waals surface area contributed by atoms with Gasteiger partial charge in [-0.05, 0) is 6.92 Å². The average Bonchev–Trinajstić information content (AvgIpc) is 2.80. The van der Waals surface area contributed by atoms with E-state index in [0.717, 1.165) is 45.8 Å². The Kier molecular flexibility index (Phi) is 2.90. The SMILES string of the molecule is C[C@@]1(CN2CCOCC2)NCCc2[nH]cnc21. The zero-order valence-corrected chi connectivity index (χ0v) is 10.3. The van der Waals surface area contributed by atoms with Crippen LogP contribution in [0.1, 0.15) is 18.3 Å². The van der Waals surface area contributed by atoms with Gasteiger partial charge >= 0.3 is 0 Å². The summed E-state index contributed by atoms with van der Waals surface area (Å²) in [6, 6.07) is 0. The molecule has 5 nitrogen and oxygen atoms in total. The third-order valence-corrected chi connectivity index (χ3v) is 3.77. The number of hydrogen-bond acceptors (Lipinski definition) is 4. The van der Waals surface area contributed by atoms with Gasteiger partial charge in [-0.25, -0.2) is 4.98 Å². The Morgan fingerprint density at radius 1 is 1.47 bits per heavy atom. The summed E-state index contributed by atoms with van der Waals surface area (Å²) in [5.41, 5.74) is 2.46. The Hall–Kier alpha value is -0.910. The zero-order valence-electron chi connectivity index (χ0n) is 10.3. The van der Waals surface area contributed by atoms with Gasteiger partial charge in [-0.2, -0.15) is 0 Å². The van der Waals surface area contributed by atoms with E-state index in [4.69, 9.17) is 4.74 Å². The second-order valence-corrected chi connectivity index (χ2v) is 5.13. The van der Waals surface area contributed by atoms with Crippen LogP contribution in [0, 0.1) is 0 Å². The first kappa shape index (κ1) is 11.2. The Morgan fingerprint density at radius 2 is 2.29 bits per heavy atom. The van der Waals surface area contributed by atoms with Crippen molar-refractivity contribution in [2.24, 2.45) is 0 Å². The molecule has 0 amide bonds. The van der Waals surface area contributed by atoms with Crippen molar-refractivity contribution >= 4 is 0 Å². The lowest BCUT2D eigenvalue weighted by Crippen LogP contribution is -2.54. The molecule has 17 heavy (non-hydrogen) atoms. The molecule has 1 aromatic rings. The summed E-state index contributed by atoms with van der Waals surface area (Å²) in [5, 5.41) is 3.62. The number of rotatable bonds is 2. The highest BCUT2D eigenvalue weighted by molar-refractivity contribution is 5.24. The number of aromatic nitrogens is 2. The van der Waals surface area contributed by atoms with E-state index in [9.17, 15) is 0 Å². The first-order chi connectivity index (χ1) is 8.28. The third-order valence-electron chi connectivity index (χ3n) is 3.77. The maximum Gasteiger partial charge on any atom is 0.0926 e. The van der Waals surface area contributed by atoms with E-state index in [1.165, 1.54) is 11.4 Å². The number of aromatic amines is 1. The maximum atomic E-state index is 5.39. The fourth-order valence-electron chi connectivity index (χ4n) is 2.87. The maximum absolute atomic E-state index is 5.39. The highest BCUT2D eigenvalue weighted by Crippen LogP contribution is 2.26. The monoisotopic (exact) mass is 236 g/mol. The lowest BCUT2D eigenvalue weighted by Gasteiger charge is -2.39. The van der Waals surface area contributed by atoms with Crippen LogP contribution in [0.25, 0.3) is 0 Å². The minimum atomic E-state index is -0.0229. The van der Waals surface area contributed by atoms with Crippen molar-refractivity contribution in [1.29, 1.82) is 0 Å². The van der Waals surface area contributed by atoms with Crippen LogP contribution >= 0.6 is 0 Å². The molecule has 0 unspecified atom stereocenters. The number of hydrogen-bond donors (Lipinski definition) is 2. The van der Waals surface area contributed by atoms with Gasteiger partial charge in [0.15, 0.2) is 0 Å². The summed E-state index contributed by atoms with van der Waals surface area (Å²) in [4.78, 5) is 10.2. The number of ether oxygens (including phenoxy) is 1. The van der Waals surface area contributed by atoms with Crippen LogP contribution in [0.5, 0.6) is 0 Å². The summed E-state index contributed by atoms with van der Waals surface area (Å²) in [5.74, 6) is 0. The predicted molar refractivity (Wildman–Crippen MR) is 64.9 cm³/mol. The van der Waals surface area contributed by atoms with Crippen molar-refractivity contribution in [3.8, 4) is 0 Å². The summed E-state index contributed by atoms with van der Waals surface area (Å²) in [7, 11) is 0.